The van der Waals surface area contributed by atoms with E-state index in [1.165, 1.54) is 4.72 Å². The Morgan fingerprint density at radius 2 is 1.26 bits per heavy atom. The van der Waals surface area contributed by atoms with Gasteiger partial charge in [-0.25, -0.2) is 31.6 Å². The average molecular weight is 485 g/mol. The summed E-state index contributed by atoms with van der Waals surface area (Å²) in [7, 11) is -5.27. The fraction of sp³-hybridized carbons (Fsp3) is 0.286. The van der Waals surface area contributed by atoms with Crippen molar-refractivity contribution in [2.45, 2.75) is 17.2 Å². The number of aromatic nitrogens is 2. The van der Waals surface area contributed by atoms with Crippen molar-refractivity contribution in [3.05, 3.63) is 35.9 Å². The second-order valence-corrected chi connectivity index (χ2v) is 7.10. The van der Waals surface area contributed by atoms with Crippen LogP contribution in [0.2, 0.25) is 0 Å². The summed E-state index contributed by atoms with van der Waals surface area (Å²) in [6.45, 7) is -4.21. The van der Waals surface area contributed by atoms with Crippen molar-refractivity contribution in [3.8, 4) is 11.8 Å². The fourth-order valence-corrected chi connectivity index (χ4v) is 3.11. The van der Waals surface area contributed by atoms with Crippen molar-refractivity contribution >= 4 is 15.7 Å². The zero-order valence-corrected chi connectivity index (χ0v) is 15.3. The molecule has 2 aromatic rings. The predicted molar refractivity (Wildman–Crippen MR) is 82.3 cm³/mol. The number of sulfonamides is 1. The standard InChI is InChI=1S/C14H8F9N3O4S/c15-7-1-6(2-8(16)9(7)17)26-31(27,28)10-11(29-3-13(18,19)20)24-5-25-12(10)30-4-14(21,22)23/h1-2,5,26H,3-4H2. The van der Waals surface area contributed by atoms with E-state index in [1.807, 2.05) is 0 Å². The summed E-state index contributed by atoms with van der Waals surface area (Å²) in [4.78, 5) is 4.71. The molecular weight excluding hydrogens is 477 g/mol. The third kappa shape index (κ3) is 6.76. The van der Waals surface area contributed by atoms with Gasteiger partial charge in [0.25, 0.3) is 10.0 Å². The first-order valence-corrected chi connectivity index (χ1v) is 8.99. The van der Waals surface area contributed by atoms with E-state index in [2.05, 4.69) is 19.4 Å². The van der Waals surface area contributed by atoms with Crippen LogP contribution in [0.5, 0.6) is 11.8 Å². The van der Waals surface area contributed by atoms with Crippen LogP contribution in [0.25, 0.3) is 0 Å². The summed E-state index contributed by atoms with van der Waals surface area (Å²) in [6, 6.07) is 0.318. The van der Waals surface area contributed by atoms with Crippen molar-refractivity contribution in [2.24, 2.45) is 0 Å². The highest BCUT2D eigenvalue weighted by atomic mass is 32.2. The van der Waals surface area contributed by atoms with Crippen LogP contribution in [0.1, 0.15) is 0 Å². The highest BCUT2D eigenvalue weighted by Gasteiger charge is 2.35. The Kier molecular flexibility index (Phi) is 6.77. The second kappa shape index (κ2) is 8.64. The molecule has 172 valence electrons. The number of nitrogens with zero attached hydrogens (tertiary/aromatic N) is 2. The Morgan fingerprint density at radius 1 is 0.839 bits per heavy atom. The summed E-state index contributed by atoms with van der Waals surface area (Å²) in [5.41, 5.74) is -0.969. The fourth-order valence-electron chi connectivity index (χ4n) is 1.90. The molecule has 1 aromatic carbocycles. The summed E-state index contributed by atoms with van der Waals surface area (Å²) >= 11 is 0. The van der Waals surface area contributed by atoms with Crippen molar-refractivity contribution < 1.29 is 57.4 Å². The van der Waals surface area contributed by atoms with Crippen molar-refractivity contribution in [1.29, 1.82) is 0 Å². The van der Waals surface area contributed by atoms with Crippen LogP contribution in [0.15, 0.2) is 23.4 Å². The van der Waals surface area contributed by atoms with Gasteiger partial charge in [0.2, 0.25) is 16.7 Å². The molecule has 7 nitrogen and oxygen atoms in total. The van der Waals surface area contributed by atoms with Crippen molar-refractivity contribution in [2.75, 3.05) is 17.9 Å². The lowest BCUT2D eigenvalue weighted by atomic mass is 10.3. The number of hydrogen-bond donors (Lipinski definition) is 1. The van der Waals surface area contributed by atoms with Crippen LogP contribution >= 0.6 is 0 Å². The van der Waals surface area contributed by atoms with Crippen molar-refractivity contribution in [3.63, 3.8) is 0 Å². The Morgan fingerprint density at radius 3 is 1.65 bits per heavy atom. The van der Waals surface area contributed by atoms with E-state index in [9.17, 15) is 47.9 Å². The third-order valence-electron chi connectivity index (χ3n) is 2.99. The first kappa shape index (κ1) is 24.3. The van der Waals surface area contributed by atoms with Crippen molar-refractivity contribution in [1.82, 2.24) is 9.97 Å². The number of alkyl halides is 6. The maximum Gasteiger partial charge on any atom is 0.422 e. The lowest BCUT2D eigenvalue weighted by molar-refractivity contribution is -0.155. The molecule has 0 atom stereocenters. The molecule has 0 radical (unpaired) electrons. The highest BCUT2D eigenvalue weighted by Crippen LogP contribution is 2.33. The van der Waals surface area contributed by atoms with E-state index in [1.54, 1.807) is 0 Å². The molecule has 2 rings (SSSR count). The molecule has 1 heterocycles. The van der Waals surface area contributed by atoms with Gasteiger partial charge in [-0.1, -0.05) is 0 Å². The largest absolute Gasteiger partial charge is 0.467 e. The maximum absolute atomic E-state index is 13.3. The molecule has 0 unspecified atom stereocenters. The molecule has 31 heavy (non-hydrogen) atoms. The molecule has 17 heteroatoms. The summed E-state index contributed by atoms with van der Waals surface area (Å²) in [5.74, 6) is -8.40. The molecular formula is C14H8F9N3O4S. The number of ether oxygens (including phenoxy) is 2. The van der Waals surface area contributed by atoms with E-state index in [0.717, 1.165) is 0 Å². The Balaban J connectivity index is 2.52. The van der Waals surface area contributed by atoms with Gasteiger partial charge >= 0.3 is 12.4 Å². The number of halogens is 9. The minimum atomic E-state index is -5.27. The molecule has 0 amide bonds. The molecule has 0 fully saturated rings. The normalized spacial score (nSPS) is 12.5. The van der Waals surface area contributed by atoms with Gasteiger partial charge in [0.05, 0.1) is 5.69 Å². The minimum absolute atomic E-state index is 0.159. The SMILES string of the molecule is O=S(=O)(Nc1cc(F)c(F)c(F)c1)c1c(OCC(F)(F)F)ncnc1OCC(F)(F)F. The molecule has 0 aliphatic carbocycles. The van der Waals surface area contributed by atoms with Crippen LogP contribution in [0, 0.1) is 17.5 Å². The molecule has 0 bridgehead atoms. The van der Waals surface area contributed by atoms with E-state index in [0.29, 0.717) is 6.33 Å². The van der Waals surface area contributed by atoms with Crippen LogP contribution in [0.3, 0.4) is 0 Å². The van der Waals surface area contributed by atoms with Gasteiger partial charge in [0, 0.05) is 12.1 Å². The van der Waals surface area contributed by atoms with Gasteiger partial charge in [-0.3, -0.25) is 4.72 Å². The van der Waals surface area contributed by atoms with Gasteiger partial charge in [0.15, 0.2) is 30.7 Å². The van der Waals surface area contributed by atoms with Crippen LogP contribution in [0.4, 0.5) is 45.2 Å². The topological polar surface area (TPSA) is 90.4 Å². The molecule has 0 saturated heterocycles. The van der Waals surface area contributed by atoms with E-state index < -0.39 is 75.4 Å². The number of anilines is 1. The summed E-state index contributed by atoms with van der Waals surface area (Å²) < 4.78 is 149. The lowest BCUT2D eigenvalue weighted by Crippen LogP contribution is -2.24. The van der Waals surface area contributed by atoms with Crippen LogP contribution < -0.4 is 14.2 Å². The lowest BCUT2D eigenvalue weighted by Gasteiger charge is -2.16. The minimum Gasteiger partial charge on any atom is -0.467 e. The molecule has 0 saturated carbocycles. The van der Waals surface area contributed by atoms with Gasteiger partial charge in [0.1, 0.15) is 6.33 Å². The molecule has 0 spiro atoms. The zero-order chi connectivity index (χ0) is 23.6. The van der Waals surface area contributed by atoms with Gasteiger partial charge < -0.3 is 9.47 Å². The van der Waals surface area contributed by atoms with Gasteiger partial charge in [-0.05, 0) is 0 Å². The first-order valence-electron chi connectivity index (χ1n) is 7.50. The smallest absolute Gasteiger partial charge is 0.422 e. The summed E-state index contributed by atoms with van der Waals surface area (Å²) in [6.07, 6.45) is -9.65. The van der Waals surface area contributed by atoms with E-state index in [4.69, 9.17) is 0 Å². The van der Waals surface area contributed by atoms with E-state index >= 15 is 0 Å². The zero-order valence-electron chi connectivity index (χ0n) is 14.5. The Labute approximate surface area is 166 Å². The molecule has 1 N–H and O–H groups in total. The third-order valence-corrected chi connectivity index (χ3v) is 4.38. The van der Waals surface area contributed by atoms with Crippen LogP contribution in [-0.4, -0.2) is 44.0 Å². The second-order valence-electron chi connectivity index (χ2n) is 5.48. The Bertz CT molecular complexity index is 999. The highest BCUT2D eigenvalue weighted by molar-refractivity contribution is 7.93. The van der Waals surface area contributed by atoms with Crippen LogP contribution in [-0.2, 0) is 10.0 Å². The predicted octanol–water partition coefficient (Wildman–Crippen LogP) is 3.58. The average Bonchev–Trinajstić information content (AvgIpc) is 2.61. The number of benzene rings is 1. The number of nitrogens with one attached hydrogen (secondary N) is 1. The molecule has 0 aliphatic rings. The quantitative estimate of drug-likeness (QED) is 0.477. The molecule has 0 aliphatic heterocycles. The van der Waals surface area contributed by atoms with E-state index in [-0.39, 0.29) is 12.1 Å². The Hall–Kier alpha value is -2.98. The van der Waals surface area contributed by atoms with Gasteiger partial charge in [-0.2, -0.15) is 26.3 Å². The molecule has 1 aromatic heterocycles. The first-order chi connectivity index (χ1) is 14.1. The number of hydrogen-bond acceptors (Lipinski definition) is 6. The van der Waals surface area contributed by atoms with Gasteiger partial charge in [-0.15, -0.1) is 0 Å². The number of rotatable bonds is 7. The summed E-state index contributed by atoms with van der Waals surface area (Å²) in [5, 5.41) is 0. The maximum atomic E-state index is 13.3. The monoisotopic (exact) mass is 485 g/mol.